The van der Waals surface area contributed by atoms with Gasteiger partial charge in [-0.05, 0) is 55.3 Å². The maximum absolute atomic E-state index is 12.3. The maximum atomic E-state index is 12.3. The van der Waals surface area contributed by atoms with Gasteiger partial charge in [0.1, 0.15) is 0 Å². The fourth-order valence-corrected chi connectivity index (χ4v) is 3.85. The number of nitrogens with one attached hydrogen (secondary N) is 1. The van der Waals surface area contributed by atoms with Crippen LogP contribution < -0.4 is 5.32 Å². The number of pyridine rings is 1. The Morgan fingerprint density at radius 3 is 2.76 bits per heavy atom. The summed E-state index contributed by atoms with van der Waals surface area (Å²) in [4.78, 5) is 18.8. The average molecular weight is 411 g/mol. The van der Waals surface area contributed by atoms with E-state index in [9.17, 15) is 4.79 Å². The quantitative estimate of drug-likeness (QED) is 0.664. The number of nitrogens with zero attached hydrogens (tertiary/aromatic N) is 3. The first-order valence-corrected chi connectivity index (χ1v) is 10.2. The van der Waals surface area contributed by atoms with Gasteiger partial charge in [-0.1, -0.05) is 35.0 Å². The van der Waals surface area contributed by atoms with E-state index >= 15 is 0 Å². The second-order valence-electron chi connectivity index (χ2n) is 7.34. The van der Waals surface area contributed by atoms with Crippen LogP contribution in [0.2, 0.25) is 5.02 Å². The molecule has 0 radical (unpaired) electrons. The Kier molecular flexibility index (Phi) is 6.22. The molecule has 7 heteroatoms. The molecule has 6 nitrogen and oxygen atoms in total. The Labute approximate surface area is 174 Å². The van der Waals surface area contributed by atoms with Gasteiger partial charge in [-0.2, -0.15) is 0 Å². The third kappa shape index (κ3) is 5.22. The second kappa shape index (κ2) is 9.20. The molecule has 0 aliphatic carbocycles. The fraction of sp³-hybridized carbons (Fsp3) is 0.318. The molecule has 0 saturated carbocycles. The Bertz CT molecular complexity index is 952. The number of benzene rings is 1. The molecule has 1 aliphatic heterocycles. The zero-order chi connectivity index (χ0) is 20.1. The highest BCUT2D eigenvalue weighted by Crippen LogP contribution is 2.28. The molecule has 0 bridgehead atoms. The number of carbonyl (C=O) groups excluding carboxylic acids is 1. The van der Waals surface area contributed by atoms with Crippen molar-refractivity contribution < 1.29 is 9.32 Å². The van der Waals surface area contributed by atoms with E-state index in [1.807, 2.05) is 30.3 Å². The van der Waals surface area contributed by atoms with Gasteiger partial charge in [0, 0.05) is 42.5 Å². The lowest BCUT2D eigenvalue weighted by Crippen LogP contribution is -2.32. The molecule has 3 aromatic rings. The molecular weight excluding hydrogens is 388 g/mol. The summed E-state index contributed by atoms with van der Waals surface area (Å²) < 4.78 is 5.30. The Balaban J connectivity index is 1.28. The zero-order valence-corrected chi connectivity index (χ0v) is 16.8. The van der Waals surface area contributed by atoms with E-state index in [4.69, 9.17) is 16.1 Å². The number of hydrogen-bond donors (Lipinski definition) is 1. The van der Waals surface area contributed by atoms with Crippen LogP contribution >= 0.6 is 11.6 Å². The Morgan fingerprint density at radius 1 is 1.17 bits per heavy atom. The van der Waals surface area contributed by atoms with Crippen LogP contribution in [0.3, 0.4) is 0 Å². The normalized spacial score (nSPS) is 15.3. The number of hydrogen-bond acceptors (Lipinski definition) is 5. The monoisotopic (exact) mass is 410 g/mol. The van der Waals surface area contributed by atoms with E-state index in [0.29, 0.717) is 12.5 Å². The van der Waals surface area contributed by atoms with Crippen LogP contribution in [-0.4, -0.2) is 34.0 Å². The summed E-state index contributed by atoms with van der Waals surface area (Å²) in [6, 6.07) is 13.5. The summed E-state index contributed by atoms with van der Waals surface area (Å²) in [7, 11) is 0. The zero-order valence-electron chi connectivity index (χ0n) is 16.1. The minimum absolute atomic E-state index is 0.255. The number of amides is 1. The van der Waals surface area contributed by atoms with E-state index in [0.717, 1.165) is 48.8 Å². The molecule has 0 spiro atoms. The maximum Gasteiger partial charge on any atom is 0.290 e. The van der Waals surface area contributed by atoms with Crippen molar-refractivity contribution >= 4 is 17.5 Å². The molecule has 1 saturated heterocycles. The summed E-state index contributed by atoms with van der Waals surface area (Å²) >= 11 is 6.08. The topological polar surface area (TPSA) is 71.3 Å². The molecule has 2 aromatic heterocycles. The van der Waals surface area contributed by atoms with E-state index in [1.54, 1.807) is 18.5 Å². The number of carbonyl (C=O) groups is 1. The lowest BCUT2D eigenvalue weighted by atomic mass is 9.93. The van der Waals surface area contributed by atoms with Crippen LogP contribution in [0.25, 0.3) is 0 Å². The van der Waals surface area contributed by atoms with Crippen LogP contribution in [-0.2, 0) is 13.1 Å². The molecule has 1 aromatic carbocycles. The van der Waals surface area contributed by atoms with Gasteiger partial charge in [-0.15, -0.1) is 0 Å². The molecule has 4 rings (SSSR count). The summed E-state index contributed by atoms with van der Waals surface area (Å²) in [5.41, 5.74) is 3.02. The van der Waals surface area contributed by atoms with E-state index in [-0.39, 0.29) is 11.7 Å². The fourth-order valence-electron chi connectivity index (χ4n) is 3.64. The van der Waals surface area contributed by atoms with Crippen molar-refractivity contribution in [3.63, 3.8) is 0 Å². The number of piperidine rings is 1. The van der Waals surface area contributed by atoms with E-state index in [2.05, 4.69) is 26.4 Å². The number of halogens is 1. The van der Waals surface area contributed by atoms with Crippen molar-refractivity contribution in [3.05, 3.63) is 82.5 Å². The van der Waals surface area contributed by atoms with Crippen LogP contribution in [0.15, 0.2) is 59.4 Å². The van der Waals surface area contributed by atoms with E-state index < -0.39 is 0 Å². The third-order valence-electron chi connectivity index (χ3n) is 5.23. The average Bonchev–Trinajstić information content (AvgIpc) is 3.24. The molecular formula is C22H23ClN4O2. The molecule has 1 N–H and O–H groups in total. The van der Waals surface area contributed by atoms with Gasteiger partial charge in [-0.25, -0.2) is 0 Å². The predicted octanol–water partition coefficient (Wildman–Crippen LogP) is 4.03. The number of aromatic nitrogens is 2. The summed E-state index contributed by atoms with van der Waals surface area (Å²) in [5, 5.41) is 7.76. The number of rotatable bonds is 6. The molecule has 3 heterocycles. The molecule has 1 amide bonds. The highest BCUT2D eigenvalue weighted by atomic mass is 35.5. The van der Waals surface area contributed by atoms with Crippen molar-refractivity contribution in [2.24, 2.45) is 0 Å². The SMILES string of the molecule is O=C(NCc1cccnc1)c1cc(C2CCN(Cc3cccc(Cl)c3)CC2)no1. The van der Waals surface area contributed by atoms with Crippen LogP contribution in [0, 0.1) is 0 Å². The largest absolute Gasteiger partial charge is 0.351 e. The van der Waals surface area contributed by atoms with Gasteiger partial charge >= 0.3 is 0 Å². The summed E-state index contributed by atoms with van der Waals surface area (Å²) in [6.45, 7) is 3.26. The number of likely N-dealkylation sites (tertiary alicyclic amines) is 1. The minimum Gasteiger partial charge on any atom is -0.351 e. The van der Waals surface area contributed by atoms with Crippen molar-refractivity contribution in [2.75, 3.05) is 13.1 Å². The van der Waals surface area contributed by atoms with Crippen LogP contribution in [0.1, 0.15) is 46.1 Å². The summed E-state index contributed by atoms with van der Waals surface area (Å²) in [6.07, 6.45) is 5.41. The molecule has 1 fully saturated rings. The van der Waals surface area contributed by atoms with Gasteiger partial charge in [0.15, 0.2) is 0 Å². The van der Waals surface area contributed by atoms with Crippen molar-refractivity contribution in [1.82, 2.24) is 20.4 Å². The third-order valence-corrected chi connectivity index (χ3v) is 5.46. The summed E-state index contributed by atoms with van der Waals surface area (Å²) in [5.74, 6) is 0.311. The standard InChI is InChI=1S/C22H23ClN4O2/c23-19-5-1-3-16(11-19)15-27-9-6-18(7-10-27)20-12-21(29-26-20)22(28)25-14-17-4-2-8-24-13-17/h1-5,8,11-13,18H,6-7,9-10,14-15H2,(H,25,28). The molecule has 1 aliphatic rings. The first-order valence-electron chi connectivity index (χ1n) is 9.78. The Morgan fingerprint density at radius 2 is 2.00 bits per heavy atom. The molecule has 0 unspecified atom stereocenters. The van der Waals surface area contributed by atoms with Crippen molar-refractivity contribution in [3.8, 4) is 0 Å². The van der Waals surface area contributed by atoms with Gasteiger partial charge in [0.25, 0.3) is 5.91 Å². The van der Waals surface area contributed by atoms with Crippen molar-refractivity contribution in [1.29, 1.82) is 0 Å². The van der Waals surface area contributed by atoms with Gasteiger partial charge in [0.05, 0.1) is 5.69 Å². The second-order valence-corrected chi connectivity index (χ2v) is 7.78. The minimum atomic E-state index is -0.258. The first-order chi connectivity index (χ1) is 14.2. The van der Waals surface area contributed by atoms with Crippen LogP contribution in [0.5, 0.6) is 0 Å². The molecule has 150 valence electrons. The van der Waals surface area contributed by atoms with Crippen LogP contribution in [0.4, 0.5) is 0 Å². The van der Waals surface area contributed by atoms with E-state index in [1.165, 1.54) is 5.56 Å². The highest BCUT2D eigenvalue weighted by Gasteiger charge is 2.24. The smallest absolute Gasteiger partial charge is 0.290 e. The van der Waals surface area contributed by atoms with Crippen molar-refractivity contribution in [2.45, 2.75) is 31.8 Å². The highest BCUT2D eigenvalue weighted by molar-refractivity contribution is 6.30. The molecule has 29 heavy (non-hydrogen) atoms. The lowest BCUT2D eigenvalue weighted by molar-refractivity contribution is 0.0913. The Hall–Kier alpha value is -2.70. The van der Waals surface area contributed by atoms with Gasteiger partial charge < -0.3 is 9.84 Å². The first kappa shape index (κ1) is 19.6. The van der Waals surface area contributed by atoms with Gasteiger partial charge in [-0.3, -0.25) is 14.7 Å². The lowest BCUT2D eigenvalue weighted by Gasteiger charge is -2.31. The molecule has 0 atom stereocenters. The van der Waals surface area contributed by atoms with Gasteiger partial charge in [0.2, 0.25) is 5.76 Å². The predicted molar refractivity (Wildman–Crippen MR) is 111 cm³/mol.